The molecule has 0 saturated carbocycles. The maximum atomic E-state index is 9.86. The molecule has 0 heterocycles. The molecule has 0 bridgehead atoms. The van der Waals surface area contributed by atoms with Crippen molar-refractivity contribution in [2.45, 2.75) is 18.4 Å². The van der Waals surface area contributed by atoms with Crippen LogP contribution in [-0.2, 0) is 12.8 Å². The van der Waals surface area contributed by atoms with Crippen molar-refractivity contribution in [1.82, 2.24) is 0 Å². The van der Waals surface area contributed by atoms with E-state index >= 15 is 0 Å². The Kier molecular flexibility index (Phi) is 3.36. The Morgan fingerprint density at radius 1 is 1.05 bits per heavy atom. The molecule has 2 N–H and O–H groups in total. The highest BCUT2D eigenvalue weighted by atomic mass is 16.5. The van der Waals surface area contributed by atoms with E-state index in [0.717, 1.165) is 24.3 Å². The van der Waals surface area contributed by atoms with Crippen LogP contribution in [0.25, 0.3) is 0 Å². The van der Waals surface area contributed by atoms with Gasteiger partial charge in [-0.15, -0.1) is 0 Å². The van der Waals surface area contributed by atoms with Crippen LogP contribution >= 0.6 is 0 Å². The molecule has 3 heteroatoms. The molecule has 1 aliphatic carbocycles. The molecule has 3 rings (SSSR count). The Bertz CT molecular complexity index is 567. The van der Waals surface area contributed by atoms with Crippen molar-refractivity contribution < 1.29 is 9.84 Å². The highest BCUT2D eigenvalue weighted by Crippen LogP contribution is 2.33. The first-order valence-corrected chi connectivity index (χ1v) is 6.85. The van der Waals surface area contributed by atoms with Crippen molar-refractivity contribution >= 4 is 5.69 Å². The fourth-order valence-electron chi connectivity index (χ4n) is 2.91. The lowest BCUT2D eigenvalue weighted by Crippen LogP contribution is -2.43. The summed E-state index contributed by atoms with van der Waals surface area (Å²) in [4.78, 5) is 0. The molecule has 0 saturated heterocycles. The van der Waals surface area contributed by atoms with Crippen LogP contribution < -0.4 is 10.1 Å². The maximum absolute atomic E-state index is 9.86. The minimum Gasteiger partial charge on any atom is -0.497 e. The molecule has 2 aromatic rings. The van der Waals surface area contributed by atoms with Gasteiger partial charge in [0.05, 0.1) is 19.3 Å². The number of hydrogen-bond acceptors (Lipinski definition) is 3. The second-order valence-corrected chi connectivity index (χ2v) is 5.41. The third-order valence-corrected chi connectivity index (χ3v) is 3.98. The quantitative estimate of drug-likeness (QED) is 0.896. The molecular weight excluding hydrogens is 250 g/mol. The van der Waals surface area contributed by atoms with Gasteiger partial charge in [0.1, 0.15) is 5.75 Å². The van der Waals surface area contributed by atoms with Crippen molar-refractivity contribution in [3.8, 4) is 5.75 Å². The number of rotatable bonds is 4. The molecular formula is C17H19NO2. The summed E-state index contributed by atoms with van der Waals surface area (Å²) >= 11 is 0. The highest BCUT2D eigenvalue weighted by molar-refractivity contribution is 5.51. The fraction of sp³-hybridized carbons (Fsp3) is 0.294. The molecule has 0 atom stereocenters. The van der Waals surface area contributed by atoms with Gasteiger partial charge in [0.2, 0.25) is 0 Å². The number of ether oxygens (including phenoxy) is 1. The van der Waals surface area contributed by atoms with E-state index in [0.29, 0.717) is 0 Å². The topological polar surface area (TPSA) is 41.5 Å². The van der Waals surface area contributed by atoms with Crippen molar-refractivity contribution in [1.29, 1.82) is 0 Å². The van der Waals surface area contributed by atoms with Crippen LogP contribution in [0.5, 0.6) is 5.75 Å². The van der Waals surface area contributed by atoms with Crippen LogP contribution in [-0.4, -0.2) is 24.4 Å². The molecule has 1 aliphatic rings. The lowest BCUT2D eigenvalue weighted by Gasteiger charge is -2.29. The monoisotopic (exact) mass is 269 g/mol. The molecule has 0 unspecified atom stereocenters. The maximum Gasteiger partial charge on any atom is 0.119 e. The van der Waals surface area contributed by atoms with Gasteiger partial charge in [-0.3, -0.25) is 0 Å². The van der Waals surface area contributed by atoms with Crippen molar-refractivity contribution in [3.63, 3.8) is 0 Å². The molecule has 0 aliphatic heterocycles. The van der Waals surface area contributed by atoms with Crippen LogP contribution in [0.2, 0.25) is 0 Å². The molecule has 0 radical (unpaired) electrons. The van der Waals surface area contributed by atoms with Crippen LogP contribution in [0.15, 0.2) is 48.5 Å². The zero-order valence-corrected chi connectivity index (χ0v) is 11.6. The van der Waals surface area contributed by atoms with Gasteiger partial charge in [-0.25, -0.2) is 0 Å². The summed E-state index contributed by atoms with van der Waals surface area (Å²) in [6.07, 6.45) is 1.71. The molecule has 0 fully saturated rings. The Hall–Kier alpha value is -2.00. The lowest BCUT2D eigenvalue weighted by atomic mass is 9.96. The van der Waals surface area contributed by atoms with Crippen molar-refractivity contribution in [2.75, 3.05) is 19.0 Å². The van der Waals surface area contributed by atoms with E-state index in [1.54, 1.807) is 7.11 Å². The third-order valence-electron chi connectivity index (χ3n) is 3.98. The molecule has 2 aromatic carbocycles. The van der Waals surface area contributed by atoms with Crippen LogP contribution in [0.1, 0.15) is 11.1 Å². The van der Waals surface area contributed by atoms with Crippen LogP contribution in [0.4, 0.5) is 5.69 Å². The molecule has 20 heavy (non-hydrogen) atoms. The van der Waals surface area contributed by atoms with E-state index in [2.05, 4.69) is 29.6 Å². The lowest BCUT2D eigenvalue weighted by molar-refractivity contribution is 0.216. The predicted octanol–water partition coefficient (Wildman–Crippen LogP) is 2.64. The average Bonchev–Trinajstić information content (AvgIpc) is 2.86. The summed E-state index contributed by atoms with van der Waals surface area (Å²) in [7, 11) is 1.66. The van der Waals surface area contributed by atoms with Gasteiger partial charge in [0.25, 0.3) is 0 Å². The van der Waals surface area contributed by atoms with Gasteiger partial charge in [0.15, 0.2) is 0 Å². The predicted molar refractivity (Wildman–Crippen MR) is 80.3 cm³/mol. The minimum absolute atomic E-state index is 0.119. The molecule has 0 spiro atoms. The molecule has 0 aromatic heterocycles. The first-order valence-electron chi connectivity index (χ1n) is 6.85. The second kappa shape index (κ2) is 5.17. The Balaban J connectivity index is 1.81. The summed E-state index contributed by atoms with van der Waals surface area (Å²) in [6.45, 7) is 0.119. The van der Waals surface area contributed by atoms with E-state index in [4.69, 9.17) is 4.74 Å². The van der Waals surface area contributed by atoms with E-state index in [9.17, 15) is 5.11 Å². The van der Waals surface area contributed by atoms with Gasteiger partial charge in [-0.1, -0.05) is 24.3 Å². The van der Waals surface area contributed by atoms with Crippen molar-refractivity contribution in [2.24, 2.45) is 0 Å². The Labute approximate surface area is 119 Å². The highest BCUT2D eigenvalue weighted by Gasteiger charge is 2.36. The Morgan fingerprint density at radius 2 is 1.65 bits per heavy atom. The molecule has 3 nitrogen and oxygen atoms in total. The number of aliphatic hydroxyl groups excluding tert-OH is 1. The largest absolute Gasteiger partial charge is 0.497 e. The Morgan fingerprint density at radius 3 is 2.15 bits per heavy atom. The summed E-state index contributed by atoms with van der Waals surface area (Å²) < 4.78 is 5.16. The van der Waals surface area contributed by atoms with E-state index in [-0.39, 0.29) is 12.1 Å². The number of methoxy groups -OCH3 is 1. The zero-order chi connectivity index (χ0) is 14.0. The third kappa shape index (κ3) is 2.37. The summed E-state index contributed by atoms with van der Waals surface area (Å²) in [5.41, 5.74) is 3.36. The summed E-state index contributed by atoms with van der Waals surface area (Å²) in [5, 5.41) is 13.4. The van der Waals surface area contributed by atoms with Crippen LogP contribution in [0, 0.1) is 0 Å². The van der Waals surface area contributed by atoms with Gasteiger partial charge in [-0.05, 0) is 48.2 Å². The average molecular weight is 269 g/mol. The first-order chi connectivity index (χ1) is 9.74. The van der Waals surface area contributed by atoms with E-state index in [1.807, 2.05) is 24.3 Å². The van der Waals surface area contributed by atoms with E-state index in [1.165, 1.54) is 11.1 Å². The normalized spacial score (nSPS) is 15.7. The first kappa shape index (κ1) is 13.0. The SMILES string of the molecule is COc1ccc(NC2(CO)Cc3ccccc3C2)cc1. The number of hydrogen-bond donors (Lipinski definition) is 2. The molecule has 104 valence electrons. The smallest absolute Gasteiger partial charge is 0.119 e. The van der Waals surface area contributed by atoms with Gasteiger partial charge in [0, 0.05) is 5.69 Å². The van der Waals surface area contributed by atoms with Gasteiger partial charge in [-0.2, -0.15) is 0 Å². The van der Waals surface area contributed by atoms with Gasteiger partial charge >= 0.3 is 0 Å². The van der Waals surface area contributed by atoms with Crippen LogP contribution in [0.3, 0.4) is 0 Å². The fourth-order valence-corrected chi connectivity index (χ4v) is 2.91. The summed E-state index contributed by atoms with van der Waals surface area (Å²) in [5.74, 6) is 0.836. The number of nitrogens with one attached hydrogen (secondary N) is 1. The van der Waals surface area contributed by atoms with Crippen molar-refractivity contribution in [3.05, 3.63) is 59.7 Å². The number of benzene rings is 2. The standard InChI is InChI=1S/C17H19NO2/c1-20-16-8-6-15(7-9-16)18-17(12-19)10-13-4-2-3-5-14(13)11-17/h2-9,18-19H,10-12H2,1H3. The minimum atomic E-state index is -0.293. The molecule has 0 amide bonds. The zero-order valence-electron chi connectivity index (χ0n) is 11.6. The number of aliphatic hydroxyl groups is 1. The van der Waals surface area contributed by atoms with E-state index < -0.39 is 0 Å². The van der Waals surface area contributed by atoms with Gasteiger partial charge < -0.3 is 15.2 Å². The second-order valence-electron chi connectivity index (χ2n) is 5.41. The summed E-state index contributed by atoms with van der Waals surface area (Å²) in [6, 6.07) is 16.2. The number of anilines is 1. The number of fused-ring (bicyclic) bond motifs is 1.